The third-order valence-electron chi connectivity index (χ3n) is 5.26. The number of para-hydroxylation sites is 1. The molecule has 7 heteroatoms. The Kier molecular flexibility index (Phi) is 7.36. The highest BCUT2D eigenvalue weighted by molar-refractivity contribution is 6.31. The fraction of sp³-hybridized carbons (Fsp3) is 0.333. The summed E-state index contributed by atoms with van der Waals surface area (Å²) in [5, 5.41) is 0.377. The Morgan fingerprint density at radius 2 is 2.10 bits per heavy atom. The molecule has 2 aromatic rings. The third kappa shape index (κ3) is 5.46. The zero-order chi connectivity index (χ0) is 22.5. The molecule has 0 spiro atoms. The minimum Gasteiger partial charge on any atom is -0.430 e. The summed E-state index contributed by atoms with van der Waals surface area (Å²) in [6, 6.07) is 10.4. The molecule has 0 saturated carbocycles. The van der Waals surface area contributed by atoms with Crippen molar-refractivity contribution in [3.05, 3.63) is 70.8 Å². The molecule has 3 rings (SSSR count). The van der Waals surface area contributed by atoms with Crippen molar-refractivity contribution in [3.63, 3.8) is 0 Å². The van der Waals surface area contributed by atoms with E-state index in [-0.39, 0.29) is 24.7 Å². The number of carbonyl (C=O) groups is 2. The Labute approximate surface area is 187 Å². The zero-order valence-corrected chi connectivity index (χ0v) is 18.5. The van der Waals surface area contributed by atoms with Gasteiger partial charge in [-0.25, -0.2) is 4.79 Å². The van der Waals surface area contributed by atoms with Crippen LogP contribution in [0.25, 0.3) is 0 Å². The van der Waals surface area contributed by atoms with Gasteiger partial charge in [0.05, 0.1) is 6.04 Å². The number of rotatable bonds is 6. The van der Waals surface area contributed by atoms with E-state index in [1.807, 2.05) is 25.1 Å². The molecule has 6 nitrogen and oxygen atoms in total. The molecular weight excluding hydrogens is 416 g/mol. The molecule has 0 aromatic heterocycles. The summed E-state index contributed by atoms with van der Waals surface area (Å²) in [6.07, 6.45) is 1.82. The van der Waals surface area contributed by atoms with Crippen LogP contribution in [-0.4, -0.2) is 31.3 Å². The van der Waals surface area contributed by atoms with Gasteiger partial charge in [-0.15, -0.1) is 0 Å². The lowest BCUT2D eigenvalue weighted by Crippen LogP contribution is -2.48. The van der Waals surface area contributed by atoms with Gasteiger partial charge in [-0.1, -0.05) is 49.4 Å². The van der Waals surface area contributed by atoms with Crippen LogP contribution < -0.4 is 15.4 Å². The van der Waals surface area contributed by atoms with Gasteiger partial charge in [-0.05, 0) is 60.6 Å². The number of nitrogens with zero attached hydrogens (tertiary/aromatic N) is 1. The van der Waals surface area contributed by atoms with Crippen LogP contribution in [0.5, 0.6) is 5.75 Å². The monoisotopic (exact) mass is 442 g/mol. The van der Waals surface area contributed by atoms with Crippen molar-refractivity contribution in [2.24, 2.45) is 11.7 Å². The third-order valence-corrected chi connectivity index (χ3v) is 5.60. The molecule has 0 radical (unpaired) electrons. The number of hydrogen-bond donors (Lipinski definition) is 1. The maximum absolute atomic E-state index is 13.2. The molecule has 1 aliphatic rings. The van der Waals surface area contributed by atoms with Gasteiger partial charge in [0, 0.05) is 17.3 Å². The average Bonchev–Trinajstić information content (AvgIpc) is 2.73. The molecule has 31 heavy (non-hydrogen) atoms. The Balaban J connectivity index is 1.74. The molecule has 1 heterocycles. The second-order valence-electron chi connectivity index (χ2n) is 7.85. The van der Waals surface area contributed by atoms with Crippen LogP contribution in [0.1, 0.15) is 23.6 Å². The van der Waals surface area contributed by atoms with Gasteiger partial charge in [0.25, 0.3) is 0 Å². The highest BCUT2D eigenvalue weighted by Gasteiger charge is 2.30. The first kappa shape index (κ1) is 22.8. The van der Waals surface area contributed by atoms with Crippen molar-refractivity contribution in [1.82, 2.24) is 0 Å². The number of hydrogen-bond acceptors (Lipinski definition) is 5. The normalized spacial score (nSPS) is 16.3. The lowest BCUT2D eigenvalue weighted by atomic mass is 9.92. The van der Waals surface area contributed by atoms with E-state index in [1.165, 1.54) is 12.1 Å². The van der Waals surface area contributed by atoms with Crippen molar-refractivity contribution < 1.29 is 19.1 Å². The second kappa shape index (κ2) is 9.98. The maximum atomic E-state index is 13.2. The van der Waals surface area contributed by atoms with Crippen LogP contribution in [0.2, 0.25) is 5.02 Å². The van der Waals surface area contributed by atoms with Crippen LogP contribution in [0.15, 0.2) is 49.1 Å². The molecular formula is C24H27ClN2O4. The number of halogens is 1. The number of ether oxygens (including phenoxy) is 2. The van der Waals surface area contributed by atoms with Crippen LogP contribution in [0, 0.1) is 12.8 Å². The summed E-state index contributed by atoms with van der Waals surface area (Å²) in [4.78, 5) is 26.6. The molecule has 1 unspecified atom stereocenters. The lowest BCUT2D eigenvalue weighted by molar-refractivity contribution is -0.120. The fourth-order valence-electron chi connectivity index (χ4n) is 3.83. The molecule has 2 N–H and O–H groups in total. The summed E-state index contributed by atoms with van der Waals surface area (Å²) >= 11 is 6.43. The van der Waals surface area contributed by atoms with Crippen molar-refractivity contribution >= 4 is 29.4 Å². The van der Waals surface area contributed by atoms with Gasteiger partial charge in [-0.3, -0.25) is 4.79 Å². The standard InChI is InChI=1S/C24H27ClN2O4/c1-4-9-30-24(29)31-18-11-16(3)19(20(25)12-18)13-21(26)23(28)27-14-15(2)10-17-7-5-6-8-22(17)27/h4-8,11-12,15,21H,1,9-10,13-14,26H2,2-3H3/t15?,21-/m0/s1. The Bertz CT molecular complexity index is 968. The minimum absolute atomic E-state index is 0.0544. The smallest absolute Gasteiger partial charge is 0.430 e. The van der Waals surface area contributed by atoms with Gasteiger partial charge >= 0.3 is 6.16 Å². The number of fused-ring (bicyclic) bond motifs is 1. The molecule has 0 fully saturated rings. The van der Waals surface area contributed by atoms with Crippen molar-refractivity contribution in [2.75, 3.05) is 18.1 Å². The summed E-state index contributed by atoms with van der Waals surface area (Å²) in [6.45, 7) is 8.12. The Morgan fingerprint density at radius 1 is 1.35 bits per heavy atom. The largest absolute Gasteiger partial charge is 0.514 e. The van der Waals surface area contributed by atoms with E-state index in [2.05, 4.69) is 19.6 Å². The van der Waals surface area contributed by atoms with E-state index in [9.17, 15) is 9.59 Å². The van der Waals surface area contributed by atoms with Crippen LogP contribution in [-0.2, 0) is 22.4 Å². The topological polar surface area (TPSA) is 81.9 Å². The molecule has 0 saturated heterocycles. The average molecular weight is 443 g/mol. The predicted molar refractivity (Wildman–Crippen MR) is 122 cm³/mol. The highest BCUT2D eigenvalue weighted by atomic mass is 35.5. The number of amides is 1. The summed E-state index contributed by atoms with van der Waals surface area (Å²) in [7, 11) is 0. The van der Waals surface area contributed by atoms with Gasteiger partial charge < -0.3 is 20.1 Å². The van der Waals surface area contributed by atoms with E-state index in [0.29, 0.717) is 17.5 Å². The molecule has 1 aliphatic heterocycles. The molecule has 2 atom stereocenters. The Hall–Kier alpha value is -2.83. The molecule has 1 amide bonds. The quantitative estimate of drug-likeness (QED) is 0.406. The molecule has 2 aromatic carbocycles. The minimum atomic E-state index is -0.840. The van der Waals surface area contributed by atoms with E-state index in [4.69, 9.17) is 26.8 Å². The van der Waals surface area contributed by atoms with E-state index in [0.717, 1.165) is 28.8 Å². The lowest BCUT2D eigenvalue weighted by Gasteiger charge is -2.34. The van der Waals surface area contributed by atoms with E-state index < -0.39 is 12.2 Å². The van der Waals surface area contributed by atoms with Crippen molar-refractivity contribution in [1.29, 1.82) is 0 Å². The van der Waals surface area contributed by atoms with E-state index in [1.54, 1.807) is 11.0 Å². The zero-order valence-electron chi connectivity index (χ0n) is 17.8. The van der Waals surface area contributed by atoms with Crippen LogP contribution in [0.3, 0.4) is 0 Å². The van der Waals surface area contributed by atoms with Crippen molar-refractivity contribution in [2.45, 2.75) is 32.7 Å². The summed E-state index contributed by atoms with van der Waals surface area (Å²) in [5.74, 6) is 0.482. The predicted octanol–water partition coefficient (Wildman–Crippen LogP) is 4.45. The number of aryl methyl sites for hydroxylation is 1. The first-order chi connectivity index (χ1) is 14.8. The number of nitrogens with two attached hydrogens (primary N) is 1. The number of anilines is 1. The second-order valence-corrected chi connectivity index (χ2v) is 8.26. The molecule has 0 aliphatic carbocycles. The first-order valence-corrected chi connectivity index (χ1v) is 10.6. The van der Waals surface area contributed by atoms with Crippen LogP contribution >= 0.6 is 11.6 Å². The highest BCUT2D eigenvalue weighted by Crippen LogP contribution is 2.31. The first-order valence-electron chi connectivity index (χ1n) is 10.2. The van der Waals surface area contributed by atoms with E-state index >= 15 is 0 Å². The number of carbonyl (C=O) groups excluding carboxylic acids is 2. The van der Waals surface area contributed by atoms with Gasteiger partial charge in [-0.2, -0.15) is 0 Å². The summed E-state index contributed by atoms with van der Waals surface area (Å²) < 4.78 is 9.94. The number of benzene rings is 2. The maximum Gasteiger partial charge on any atom is 0.514 e. The van der Waals surface area contributed by atoms with Gasteiger partial charge in [0.15, 0.2) is 0 Å². The van der Waals surface area contributed by atoms with Crippen molar-refractivity contribution in [3.8, 4) is 5.75 Å². The SMILES string of the molecule is C=CCOC(=O)Oc1cc(C)c(C[C@H](N)C(=O)N2CC(C)Cc3ccccc32)c(Cl)c1. The summed E-state index contributed by atoms with van der Waals surface area (Å²) in [5.41, 5.74) is 9.92. The molecule has 0 bridgehead atoms. The van der Waals surface area contributed by atoms with Gasteiger partial charge in [0.1, 0.15) is 12.4 Å². The van der Waals surface area contributed by atoms with Crippen LogP contribution in [0.4, 0.5) is 10.5 Å². The Morgan fingerprint density at radius 3 is 2.81 bits per heavy atom. The fourth-order valence-corrected chi connectivity index (χ4v) is 4.16. The van der Waals surface area contributed by atoms with Gasteiger partial charge in [0.2, 0.25) is 5.91 Å². The molecule has 164 valence electrons.